The van der Waals surface area contributed by atoms with Crippen molar-refractivity contribution in [2.75, 3.05) is 11.9 Å². The topological polar surface area (TPSA) is 29.1 Å². The second-order valence-corrected chi connectivity index (χ2v) is 9.72. The van der Waals surface area contributed by atoms with Crippen LogP contribution in [0.3, 0.4) is 0 Å². The molecule has 27 heavy (non-hydrogen) atoms. The van der Waals surface area contributed by atoms with Crippen molar-refractivity contribution in [3.63, 3.8) is 0 Å². The maximum Gasteiger partial charge on any atom is 0.271 e. The van der Waals surface area contributed by atoms with Crippen molar-refractivity contribution >= 4 is 72.1 Å². The number of halogens is 1. The zero-order valence-electron chi connectivity index (χ0n) is 14.8. The number of hydrogen-bond acceptors (Lipinski definition) is 5. The van der Waals surface area contributed by atoms with Gasteiger partial charge in [-0.1, -0.05) is 43.9 Å². The Labute approximate surface area is 176 Å². The molecule has 4 rings (SSSR count). The van der Waals surface area contributed by atoms with Crippen LogP contribution in [0.2, 0.25) is 5.02 Å². The van der Waals surface area contributed by atoms with Crippen LogP contribution < -0.4 is 24.2 Å². The van der Waals surface area contributed by atoms with Crippen molar-refractivity contribution in [2.45, 2.75) is 24.6 Å². The first-order chi connectivity index (χ1) is 13.0. The lowest BCUT2D eigenvalue weighted by Crippen LogP contribution is -2.34. The Morgan fingerprint density at radius 2 is 2.19 bits per heavy atom. The van der Waals surface area contributed by atoms with Gasteiger partial charge in [0.15, 0.2) is 12.5 Å². The molecule has 1 aromatic carbocycles. The molecule has 0 aliphatic carbocycles. The van der Waals surface area contributed by atoms with E-state index in [1.54, 1.807) is 34.4 Å². The average molecular weight is 455 g/mol. The molecule has 140 valence electrons. The summed E-state index contributed by atoms with van der Waals surface area (Å²) >= 11 is 11.0. The van der Waals surface area contributed by atoms with Gasteiger partial charge in [-0.3, -0.25) is 9.36 Å². The first-order valence-electron chi connectivity index (χ1n) is 8.37. The number of nitrogens with zero attached hydrogens (tertiary/aromatic N) is 3. The number of thioether (sulfide) groups is 1. The molecular weight excluding hydrogens is 437 g/mol. The first-order valence-corrected chi connectivity index (χ1v) is 12.1. The molecule has 9 heteroatoms. The quantitative estimate of drug-likeness (QED) is 0.450. The average Bonchev–Trinajstić information content (AvgIpc) is 3.32. The van der Waals surface area contributed by atoms with Gasteiger partial charge in [0.1, 0.15) is 14.2 Å². The maximum absolute atomic E-state index is 13.1. The monoisotopic (exact) mass is 454 g/mol. The van der Waals surface area contributed by atoms with E-state index in [9.17, 15) is 4.79 Å². The summed E-state index contributed by atoms with van der Waals surface area (Å²) in [5, 5.41) is 4.86. The van der Waals surface area contributed by atoms with Gasteiger partial charge < -0.3 is 4.90 Å². The van der Waals surface area contributed by atoms with Crippen LogP contribution in [0.4, 0.5) is 5.69 Å². The van der Waals surface area contributed by atoms with E-state index in [1.165, 1.54) is 0 Å². The number of rotatable bonds is 3. The van der Waals surface area contributed by atoms with Gasteiger partial charge in [0.05, 0.1) is 17.1 Å². The summed E-state index contributed by atoms with van der Waals surface area (Å²) in [7, 11) is 4.73. The van der Waals surface area contributed by atoms with Crippen LogP contribution >= 0.6 is 55.3 Å². The molecule has 0 radical (unpaired) electrons. The number of hydrogen-bond donors (Lipinski definition) is 0. The third-order valence-corrected chi connectivity index (χ3v) is 8.34. The Kier molecular flexibility index (Phi) is 5.50. The van der Waals surface area contributed by atoms with Gasteiger partial charge in [0.2, 0.25) is 0 Å². The van der Waals surface area contributed by atoms with Crippen LogP contribution in [0.1, 0.15) is 11.9 Å². The second kappa shape index (κ2) is 7.72. The van der Waals surface area contributed by atoms with E-state index in [-0.39, 0.29) is 5.56 Å². The van der Waals surface area contributed by atoms with Crippen LogP contribution in [0.15, 0.2) is 39.5 Å². The van der Waals surface area contributed by atoms with Crippen molar-refractivity contribution in [3.05, 3.63) is 59.4 Å². The zero-order chi connectivity index (χ0) is 19.1. The highest BCUT2D eigenvalue weighted by molar-refractivity contribution is 8.08. The molecule has 1 aliphatic heterocycles. The number of aromatic nitrogens is 2. The highest BCUT2D eigenvalue weighted by Gasteiger charge is 2.25. The van der Waals surface area contributed by atoms with E-state index < -0.39 is 0 Å². The van der Waals surface area contributed by atoms with Gasteiger partial charge in [0, 0.05) is 23.5 Å². The predicted octanol–water partition coefficient (Wildman–Crippen LogP) is 2.90. The van der Waals surface area contributed by atoms with Crippen LogP contribution in [0.5, 0.6) is 0 Å². The van der Waals surface area contributed by atoms with Crippen molar-refractivity contribution in [1.29, 1.82) is 0 Å². The van der Waals surface area contributed by atoms with Crippen LogP contribution in [-0.4, -0.2) is 11.6 Å². The molecule has 3 heterocycles. The molecule has 3 aromatic rings. The van der Waals surface area contributed by atoms with E-state index in [4.69, 9.17) is 11.6 Å². The number of thiazole rings is 2. The molecule has 0 N–H and O–H groups in total. The summed E-state index contributed by atoms with van der Waals surface area (Å²) in [6.45, 7) is 2.66. The van der Waals surface area contributed by atoms with Crippen LogP contribution in [0, 0.1) is 0 Å². The Bertz CT molecular complexity index is 1200. The third-order valence-electron chi connectivity index (χ3n) is 4.37. The fraction of sp³-hybridized carbons (Fsp3) is 0.222. The summed E-state index contributed by atoms with van der Waals surface area (Å²) in [6.07, 6.45) is 5.00. The highest BCUT2D eigenvalue weighted by atomic mass is 35.5. The van der Waals surface area contributed by atoms with Crippen molar-refractivity contribution in [3.8, 4) is 0 Å². The number of anilines is 1. The Hall–Kier alpha value is -1.11. The first kappa shape index (κ1) is 19.2. The highest BCUT2D eigenvalue weighted by Crippen LogP contribution is 2.46. The smallest absolute Gasteiger partial charge is 0.271 e. The minimum atomic E-state index is 0.0657. The van der Waals surface area contributed by atoms with Gasteiger partial charge in [-0.25, -0.2) is 0 Å². The van der Waals surface area contributed by atoms with Gasteiger partial charge in [0.25, 0.3) is 10.6 Å². The fourth-order valence-corrected chi connectivity index (χ4v) is 6.90. The van der Waals surface area contributed by atoms with Crippen molar-refractivity contribution in [1.82, 2.24) is 4.57 Å². The lowest BCUT2D eigenvalue weighted by molar-refractivity contribution is -0.673. The molecule has 2 aromatic heterocycles. The third kappa shape index (κ3) is 3.40. The van der Waals surface area contributed by atoms with E-state index in [0.717, 1.165) is 36.1 Å². The summed E-state index contributed by atoms with van der Waals surface area (Å²) in [4.78, 5) is 16.3. The lowest BCUT2D eigenvalue weighted by Gasteiger charge is -2.12. The molecule has 1 atom stereocenters. The molecule has 0 amide bonds. The van der Waals surface area contributed by atoms with Crippen molar-refractivity contribution < 1.29 is 4.57 Å². The summed E-state index contributed by atoms with van der Waals surface area (Å²) in [6, 6.07) is 5.85. The molecule has 1 aliphatic rings. The minimum Gasteiger partial charge on any atom is -0.337 e. The van der Waals surface area contributed by atoms with E-state index in [1.807, 2.05) is 36.7 Å². The molecule has 1 unspecified atom stereocenters. The Morgan fingerprint density at radius 1 is 1.37 bits per heavy atom. The fourth-order valence-electron chi connectivity index (χ4n) is 2.98. The molecular formula is C18H18ClN3OPS3+. The van der Waals surface area contributed by atoms with Gasteiger partial charge in [-0.2, -0.15) is 4.57 Å². The number of benzene rings is 1. The molecule has 0 fully saturated rings. The van der Waals surface area contributed by atoms with Gasteiger partial charge >= 0.3 is 0 Å². The summed E-state index contributed by atoms with van der Waals surface area (Å²) in [5.41, 5.74) is 1.11. The van der Waals surface area contributed by atoms with Gasteiger partial charge in [-0.15, -0.1) is 11.3 Å². The Morgan fingerprint density at radius 3 is 2.93 bits per heavy atom. The van der Waals surface area contributed by atoms with E-state index in [2.05, 4.69) is 36.4 Å². The molecule has 0 spiro atoms. The standard InChI is InChI=1S/C18H18ClN3OPS3/c1-3-22-15(9-14-21(10-24)6-7-25-14)27-16(17(22)23)18-20(2)12-8-11(19)4-5-13(12)26-18/h4-9H,3,10,24H2,1-2H3/q+1/b18-16+. The Balaban J connectivity index is 1.93. The summed E-state index contributed by atoms with van der Waals surface area (Å²) < 4.78 is 5.75. The normalized spacial score (nSPS) is 16.3. The van der Waals surface area contributed by atoms with E-state index in [0.29, 0.717) is 11.6 Å². The zero-order valence-corrected chi connectivity index (χ0v) is 19.2. The predicted molar refractivity (Wildman–Crippen MR) is 120 cm³/mol. The molecule has 4 nitrogen and oxygen atoms in total. The minimum absolute atomic E-state index is 0.0657. The maximum atomic E-state index is 13.1. The lowest BCUT2D eigenvalue weighted by atomic mass is 10.3. The van der Waals surface area contributed by atoms with E-state index >= 15 is 0 Å². The molecule has 0 saturated heterocycles. The van der Waals surface area contributed by atoms with Gasteiger partial charge in [-0.05, 0) is 25.1 Å². The second-order valence-electron chi connectivity index (χ2n) is 5.94. The summed E-state index contributed by atoms with van der Waals surface area (Å²) in [5.74, 6) is 0. The van der Waals surface area contributed by atoms with Crippen LogP contribution in [-0.2, 0) is 12.8 Å². The largest absolute Gasteiger partial charge is 0.337 e. The SMILES string of the molecule is CCn1c(=O)/c(=C2\Sc3ccc(Cl)cc3N2C)s/c1=C\c1scc[n+]1CP. The van der Waals surface area contributed by atoms with Crippen molar-refractivity contribution in [2.24, 2.45) is 0 Å². The molecule has 0 saturated carbocycles. The van der Waals surface area contributed by atoms with Crippen LogP contribution in [0.25, 0.3) is 11.1 Å². The number of fused-ring (bicyclic) bond motifs is 1. The molecule has 0 bridgehead atoms.